The van der Waals surface area contributed by atoms with E-state index in [4.69, 9.17) is 11.6 Å². The van der Waals surface area contributed by atoms with Crippen molar-refractivity contribution in [1.29, 1.82) is 0 Å². The number of hydrogen-bond acceptors (Lipinski definition) is 4. The summed E-state index contributed by atoms with van der Waals surface area (Å²) in [5.41, 5.74) is -1.54. The molecular formula is C24H28ClF3N2O4S. The summed E-state index contributed by atoms with van der Waals surface area (Å²) in [6.45, 7) is 3.23. The fraction of sp³-hybridized carbons (Fsp3) is 0.458. The van der Waals surface area contributed by atoms with E-state index in [-0.39, 0.29) is 16.7 Å². The highest BCUT2D eigenvalue weighted by Gasteiger charge is 2.36. The molecule has 0 aliphatic heterocycles. The number of carbonyl (C=O) groups excluding carboxylic acids is 1. The van der Waals surface area contributed by atoms with Gasteiger partial charge >= 0.3 is 6.18 Å². The molecule has 1 aliphatic rings. The average molecular weight is 533 g/mol. The number of amides is 1. The second-order valence-electron chi connectivity index (χ2n) is 9.32. The van der Waals surface area contributed by atoms with Gasteiger partial charge in [-0.2, -0.15) is 13.2 Å². The van der Waals surface area contributed by atoms with Gasteiger partial charge in [-0.05, 0) is 63.3 Å². The number of alkyl halides is 3. The number of nitrogens with one attached hydrogen (secondary N) is 2. The molecule has 0 spiro atoms. The Hall–Kier alpha value is -2.14. The normalized spacial score (nSPS) is 20.3. The van der Waals surface area contributed by atoms with Gasteiger partial charge in [0.15, 0.2) is 0 Å². The minimum Gasteiger partial charge on any atom is -0.388 e. The van der Waals surface area contributed by atoms with Crippen LogP contribution >= 0.6 is 11.6 Å². The van der Waals surface area contributed by atoms with Crippen molar-refractivity contribution in [2.24, 2.45) is 5.92 Å². The number of sulfonamides is 1. The molecule has 1 fully saturated rings. The van der Waals surface area contributed by atoms with Gasteiger partial charge < -0.3 is 10.4 Å². The molecule has 0 unspecified atom stereocenters. The van der Waals surface area contributed by atoms with E-state index in [2.05, 4.69) is 10.0 Å². The van der Waals surface area contributed by atoms with E-state index in [1.165, 1.54) is 0 Å². The molecule has 0 saturated heterocycles. The third kappa shape index (κ3) is 6.97. The minimum absolute atomic E-state index is 0.225. The second kappa shape index (κ2) is 10.5. The molecule has 1 amide bonds. The fourth-order valence-electron chi connectivity index (χ4n) is 4.23. The van der Waals surface area contributed by atoms with Crippen molar-refractivity contribution >= 4 is 27.5 Å². The molecule has 11 heteroatoms. The van der Waals surface area contributed by atoms with Gasteiger partial charge in [0.25, 0.3) is 0 Å². The van der Waals surface area contributed by atoms with Crippen molar-refractivity contribution in [2.75, 3.05) is 0 Å². The minimum atomic E-state index is -4.68. The highest BCUT2D eigenvalue weighted by molar-refractivity contribution is 7.89. The van der Waals surface area contributed by atoms with Crippen LogP contribution in [-0.4, -0.2) is 31.1 Å². The van der Waals surface area contributed by atoms with Gasteiger partial charge in [-0.25, -0.2) is 13.1 Å². The van der Waals surface area contributed by atoms with E-state index in [1.807, 2.05) is 30.3 Å². The van der Waals surface area contributed by atoms with Crippen molar-refractivity contribution in [1.82, 2.24) is 10.0 Å². The van der Waals surface area contributed by atoms with Crippen LogP contribution in [0.1, 0.15) is 56.7 Å². The molecule has 2 aromatic carbocycles. The van der Waals surface area contributed by atoms with Crippen LogP contribution in [0.25, 0.3) is 0 Å². The summed E-state index contributed by atoms with van der Waals surface area (Å²) in [6, 6.07) is 10.3. The summed E-state index contributed by atoms with van der Waals surface area (Å²) in [5, 5.41) is 12.8. The molecular weight excluding hydrogens is 505 g/mol. The molecule has 35 heavy (non-hydrogen) atoms. The molecule has 0 aromatic heterocycles. The number of aliphatic hydroxyl groups is 1. The molecule has 2 aromatic rings. The Kier molecular flexibility index (Phi) is 8.20. The van der Waals surface area contributed by atoms with Crippen LogP contribution in [0.15, 0.2) is 53.4 Å². The molecule has 1 aliphatic carbocycles. The molecule has 3 N–H and O–H groups in total. The Labute approximate surface area is 207 Å². The van der Waals surface area contributed by atoms with E-state index < -0.39 is 44.5 Å². The van der Waals surface area contributed by atoms with Crippen LogP contribution in [-0.2, 0) is 21.0 Å². The Bertz CT molecular complexity index is 1140. The molecule has 0 heterocycles. The van der Waals surface area contributed by atoms with Crippen molar-refractivity contribution in [3.63, 3.8) is 0 Å². The van der Waals surface area contributed by atoms with Crippen LogP contribution in [0, 0.1) is 5.92 Å². The second-order valence-corrected chi connectivity index (χ2v) is 11.4. The predicted molar refractivity (Wildman–Crippen MR) is 126 cm³/mol. The topological polar surface area (TPSA) is 95.5 Å². The Morgan fingerprint density at radius 3 is 2.17 bits per heavy atom. The number of hydrogen-bond donors (Lipinski definition) is 3. The first kappa shape index (κ1) is 27.4. The SMILES string of the molecule is CC(C)(O)[C@@H](NC(=O)[C@H]1CC[C@H](NS(=O)(=O)c2ccc(C(F)(F)F)c(Cl)c2)CC1)c1ccccc1. The molecule has 3 rings (SSSR count). The van der Waals surface area contributed by atoms with Gasteiger partial charge in [0.2, 0.25) is 15.9 Å². The van der Waals surface area contributed by atoms with Gasteiger partial charge in [-0.1, -0.05) is 41.9 Å². The molecule has 6 nitrogen and oxygen atoms in total. The Morgan fingerprint density at radius 2 is 1.66 bits per heavy atom. The third-order valence-electron chi connectivity index (χ3n) is 6.10. The zero-order valence-corrected chi connectivity index (χ0v) is 20.8. The first-order valence-corrected chi connectivity index (χ1v) is 13.0. The van der Waals surface area contributed by atoms with Crippen LogP contribution < -0.4 is 10.0 Å². The quantitative estimate of drug-likeness (QED) is 0.476. The summed E-state index contributed by atoms with van der Waals surface area (Å²) in [5.74, 6) is -0.582. The number of benzene rings is 2. The lowest BCUT2D eigenvalue weighted by atomic mass is 9.84. The number of rotatable bonds is 7. The molecule has 1 saturated carbocycles. The zero-order valence-electron chi connectivity index (χ0n) is 19.3. The van der Waals surface area contributed by atoms with E-state index in [0.717, 1.165) is 17.7 Å². The molecule has 192 valence electrons. The maximum absolute atomic E-state index is 12.9. The summed E-state index contributed by atoms with van der Waals surface area (Å²) >= 11 is 5.66. The first-order valence-electron chi connectivity index (χ1n) is 11.2. The van der Waals surface area contributed by atoms with Crippen LogP contribution in [0.2, 0.25) is 5.02 Å². The lowest BCUT2D eigenvalue weighted by molar-refractivity contribution is -0.137. The molecule has 0 radical (unpaired) electrons. The summed E-state index contributed by atoms with van der Waals surface area (Å²) in [7, 11) is -4.09. The standard InChI is InChI=1S/C24H28ClF3N2O4S/c1-23(2,32)21(15-6-4-3-5-7-15)29-22(31)16-8-10-17(11-9-16)30-35(33,34)18-12-13-19(20(25)14-18)24(26,27)28/h3-7,12-14,16-17,21,30,32H,8-11H2,1-2H3,(H,29,31)/t16-,17-,21-/m0/s1. The van der Waals surface area contributed by atoms with Crippen molar-refractivity contribution in [2.45, 2.75) is 68.3 Å². The molecule has 0 bridgehead atoms. The summed E-state index contributed by atoms with van der Waals surface area (Å²) < 4.78 is 66.6. The maximum atomic E-state index is 12.9. The largest absolute Gasteiger partial charge is 0.417 e. The lowest BCUT2D eigenvalue weighted by Gasteiger charge is -2.34. The smallest absolute Gasteiger partial charge is 0.388 e. The Balaban J connectivity index is 1.61. The monoisotopic (exact) mass is 532 g/mol. The van der Waals surface area contributed by atoms with Gasteiger partial charge in [-0.15, -0.1) is 0 Å². The fourth-order valence-corrected chi connectivity index (χ4v) is 5.91. The van der Waals surface area contributed by atoms with Crippen LogP contribution in [0.5, 0.6) is 0 Å². The highest BCUT2D eigenvalue weighted by atomic mass is 35.5. The first-order chi connectivity index (χ1) is 16.2. The maximum Gasteiger partial charge on any atom is 0.417 e. The summed E-state index contributed by atoms with van der Waals surface area (Å²) in [6.07, 6.45) is -3.09. The van der Waals surface area contributed by atoms with E-state index in [9.17, 15) is 31.5 Å². The zero-order chi connectivity index (χ0) is 26.0. The van der Waals surface area contributed by atoms with Crippen molar-refractivity contribution in [3.05, 3.63) is 64.7 Å². The van der Waals surface area contributed by atoms with Crippen molar-refractivity contribution in [3.8, 4) is 0 Å². The van der Waals surface area contributed by atoms with E-state index >= 15 is 0 Å². The van der Waals surface area contributed by atoms with E-state index in [0.29, 0.717) is 31.7 Å². The van der Waals surface area contributed by atoms with Crippen LogP contribution in [0.4, 0.5) is 13.2 Å². The van der Waals surface area contributed by atoms with Gasteiger partial charge in [0.1, 0.15) is 0 Å². The predicted octanol–water partition coefficient (Wildman–Crippen LogP) is 4.82. The third-order valence-corrected chi connectivity index (χ3v) is 7.93. The highest BCUT2D eigenvalue weighted by Crippen LogP contribution is 2.36. The van der Waals surface area contributed by atoms with Gasteiger partial charge in [0.05, 0.1) is 27.1 Å². The van der Waals surface area contributed by atoms with Crippen LogP contribution in [0.3, 0.4) is 0 Å². The molecule has 1 atom stereocenters. The number of halogens is 4. The van der Waals surface area contributed by atoms with Gasteiger partial charge in [-0.3, -0.25) is 4.79 Å². The van der Waals surface area contributed by atoms with E-state index in [1.54, 1.807) is 13.8 Å². The number of carbonyl (C=O) groups is 1. The lowest BCUT2D eigenvalue weighted by Crippen LogP contribution is -2.46. The van der Waals surface area contributed by atoms with Crippen molar-refractivity contribution < 1.29 is 31.5 Å². The van der Waals surface area contributed by atoms with Gasteiger partial charge in [0, 0.05) is 12.0 Å². The summed E-state index contributed by atoms with van der Waals surface area (Å²) in [4.78, 5) is 12.6. The Morgan fingerprint density at radius 1 is 1.06 bits per heavy atom. The average Bonchev–Trinajstić information content (AvgIpc) is 2.76.